The molecule has 0 aromatic carbocycles. The molecule has 100 valence electrons. The number of carbonyl (C=O) groups excluding carboxylic acids is 1. The fourth-order valence-corrected chi connectivity index (χ4v) is 3.73. The molecule has 1 aliphatic rings. The fraction of sp³-hybridized carbons (Fsp3) is 0.583. The van der Waals surface area contributed by atoms with Gasteiger partial charge in [0.05, 0.1) is 9.90 Å². The van der Waals surface area contributed by atoms with Gasteiger partial charge in [-0.1, -0.05) is 23.2 Å². The van der Waals surface area contributed by atoms with Crippen molar-refractivity contribution in [1.29, 1.82) is 0 Å². The van der Waals surface area contributed by atoms with Gasteiger partial charge in [-0.15, -0.1) is 11.3 Å². The fourth-order valence-electron chi connectivity index (χ4n) is 2.28. The Balaban J connectivity index is 2.11. The average molecular weight is 307 g/mol. The summed E-state index contributed by atoms with van der Waals surface area (Å²) in [5.41, 5.74) is 6.43. The first kappa shape index (κ1) is 14.1. The van der Waals surface area contributed by atoms with E-state index in [1.54, 1.807) is 6.07 Å². The molecule has 2 atom stereocenters. The van der Waals surface area contributed by atoms with E-state index in [4.69, 9.17) is 28.9 Å². The molecule has 0 aliphatic carbocycles. The maximum Gasteiger partial charge on any atom is 0.256 e. The van der Waals surface area contributed by atoms with E-state index in [1.165, 1.54) is 11.3 Å². The third-order valence-corrected chi connectivity index (χ3v) is 4.86. The van der Waals surface area contributed by atoms with E-state index >= 15 is 0 Å². The molecule has 0 spiro atoms. The van der Waals surface area contributed by atoms with E-state index in [9.17, 15) is 4.79 Å². The first-order valence-corrected chi connectivity index (χ1v) is 7.56. The number of amides is 1. The van der Waals surface area contributed by atoms with Gasteiger partial charge in [-0.2, -0.15) is 0 Å². The molecule has 2 N–H and O–H groups in total. The van der Waals surface area contributed by atoms with Crippen molar-refractivity contribution in [2.75, 3.05) is 13.1 Å². The van der Waals surface area contributed by atoms with Gasteiger partial charge in [-0.3, -0.25) is 4.79 Å². The molecule has 2 rings (SSSR count). The predicted octanol–water partition coefficient (Wildman–Crippen LogP) is 3.25. The first-order valence-electron chi connectivity index (χ1n) is 5.98. The van der Waals surface area contributed by atoms with Crippen LogP contribution in [0.5, 0.6) is 0 Å². The number of nitrogens with two attached hydrogens (primary N) is 1. The van der Waals surface area contributed by atoms with Crippen LogP contribution in [0.4, 0.5) is 0 Å². The van der Waals surface area contributed by atoms with Gasteiger partial charge in [0.25, 0.3) is 5.91 Å². The highest BCUT2D eigenvalue weighted by Crippen LogP contribution is 2.32. The lowest BCUT2D eigenvalue weighted by Gasteiger charge is -2.34. The average Bonchev–Trinajstić information content (AvgIpc) is 2.67. The van der Waals surface area contributed by atoms with Gasteiger partial charge < -0.3 is 10.6 Å². The zero-order valence-electron chi connectivity index (χ0n) is 10.2. The predicted molar refractivity (Wildman–Crippen MR) is 76.6 cm³/mol. The Hall–Kier alpha value is -0.290. The van der Waals surface area contributed by atoms with Gasteiger partial charge in [0, 0.05) is 19.1 Å². The van der Waals surface area contributed by atoms with Crippen molar-refractivity contribution < 1.29 is 4.79 Å². The van der Waals surface area contributed by atoms with E-state index in [1.807, 2.05) is 11.8 Å². The normalized spacial score (nSPS) is 22.0. The molecule has 0 bridgehead atoms. The Bertz CT molecular complexity index is 447. The number of piperidine rings is 1. The zero-order chi connectivity index (χ0) is 13.3. The van der Waals surface area contributed by atoms with E-state index in [-0.39, 0.29) is 11.9 Å². The van der Waals surface area contributed by atoms with Gasteiger partial charge in [0.15, 0.2) is 0 Å². The van der Waals surface area contributed by atoms with Gasteiger partial charge in [0.2, 0.25) is 0 Å². The van der Waals surface area contributed by atoms with Crippen LogP contribution in [0.15, 0.2) is 6.07 Å². The molecule has 2 unspecified atom stereocenters. The topological polar surface area (TPSA) is 46.3 Å². The van der Waals surface area contributed by atoms with Crippen LogP contribution < -0.4 is 5.73 Å². The van der Waals surface area contributed by atoms with E-state index in [2.05, 4.69) is 0 Å². The highest BCUT2D eigenvalue weighted by atomic mass is 35.5. The molecule has 1 amide bonds. The van der Waals surface area contributed by atoms with Crippen molar-refractivity contribution in [3.05, 3.63) is 20.3 Å². The second-order valence-corrected chi connectivity index (χ2v) is 7.04. The van der Waals surface area contributed by atoms with Crippen LogP contribution in [0.2, 0.25) is 8.67 Å². The van der Waals surface area contributed by atoms with Gasteiger partial charge >= 0.3 is 0 Å². The molecule has 1 aromatic rings. The lowest BCUT2D eigenvalue weighted by Crippen LogP contribution is -2.45. The third kappa shape index (κ3) is 2.99. The van der Waals surface area contributed by atoms with E-state index in [0.717, 1.165) is 19.4 Å². The number of halogens is 2. The molecule has 1 saturated heterocycles. The molecule has 0 saturated carbocycles. The lowest BCUT2D eigenvalue weighted by atomic mass is 9.92. The van der Waals surface area contributed by atoms with Crippen molar-refractivity contribution in [2.24, 2.45) is 11.7 Å². The van der Waals surface area contributed by atoms with Crippen molar-refractivity contribution in [3.63, 3.8) is 0 Å². The monoisotopic (exact) mass is 306 g/mol. The third-order valence-electron chi connectivity index (χ3n) is 3.38. The van der Waals surface area contributed by atoms with Crippen molar-refractivity contribution >= 4 is 40.4 Å². The van der Waals surface area contributed by atoms with Crippen LogP contribution in [0.1, 0.15) is 30.1 Å². The minimum absolute atomic E-state index is 0.0338. The number of hydrogen-bond donors (Lipinski definition) is 1. The zero-order valence-corrected chi connectivity index (χ0v) is 12.5. The van der Waals surface area contributed by atoms with Crippen LogP contribution in [-0.4, -0.2) is 29.9 Å². The smallest absolute Gasteiger partial charge is 0.256 e. The Morgan fingerprint density at radius 3 is 2.89 bits per heavy atom. The Kier molecular flexibility index (Phi) is 4.54. The summed E-state index contributed by atoms with van der Waals surface area (Å²) in [5, 5.41) is 0. The summed E-state index contributed by atoms with van der Waals surface area (Å²) in [6, 6.07) is 1.76. The molecule has 18 heavy (non-hydrogen) atoms. The number of likely N-dealkylation sites (tertiary alicyclic amines) is 1. The maximum absolute atomic E-state index is 12.4. The number of thiophene rings is 1. The number of nitrogens with zero attached hydrogens (tertiary/aromatic N) is 1. The van der Waals surface area contributed by atoms with Crippen LogP contribution in [0.25, 0.3) is 0 Å². The first-order chi connectivity index (χ1) is 8.49. The molecule has 0 radical (unpaired) electrons. The second kappa shape index (κ2) is 5.78. The summed E-state index contributed by atoms with van der Waals surface area (Å²) >= 11 is 13.1. The number of rotatable bonds is 2. The Labute approximate surface area is 121 Å². The Morgan fingerprint density at radius 2 is 2.33 bits per heavy atom. The highest BCUT2D eigenvalue weighted by Gasteiger charge is 2.28. The van der Waals surface area contributed by atoms with Gasteiger partial charge in [0.1, 0.15) is 4.34 Å². The molecular formula is C12H16Cl2N2OS. The molecule has 2 heterocycles. The minimum atomic E-state index is -0.0338. The van der Waals surface area contributed by atoms with Gasteiger partial charge in [-0.05, 0) is 31.7 Å². The molecular weight excluding hydrogens is 291 g/mol. The highest BCUT2D eigenvalue weighted by molar-refractivity contribution is 7.20. The SMILES string of the molecule is CC(N)C1CCCN(C(=O)c2cc(Cl)sc2Cl)C1. The summed E-state index contributed by atoms with van der Waals surface area (Å²) in [6.07, 6.45) is 2.08. The van der Waals surface area contributed by atoms with Crippen molar-refractivity contribution in [1.82, 2.24) is 4.90 Å². The Morgan fingerprint density at radius 1 is 1.61 bits per heavy atom. The van der Waals surface area contributed by atoms with Crippen LogP contribution in [0, 0.1) is 5.92 Å². The summed E-state index contributed by atoms with van der Waals surface area (Å²) in [4.78, 5) is 14.2. The second-order valence-electron chi connectivity index (χ2n) is 4.75. The lowest BCUT2D eigenvalue weighted by molar-refractivity contribution is 0.0661. The largest absolute Gasteiger partial charge is 0.338 e. The molecule has 1 aliphatic heterocycles. The van der Waals surface area contributed by atoms with E-state index in [0.29, 0.717) is 26.7 Å². The minimum Gasteiger partial charge on any atom is -0.338 e. The maximum atomic E-state index is 12.4. The van der Waals surface area contributed by atoms with Crippen LogP contribution in [-0.2, 0) is 0 Å². The standard InChI is InChI=1S/C12H16Cl2N2OS/c1-7(15)8-3-2-4-16(6-8)12(17)9-5-10(13)18-11(9)14/h5,7-8H,2-4,6,15H2,1H3. The number of carbonyl (C=O) groups is 1. The number of hydrogen-bond acceptors (Lipinski definition) is 3. The quantitative estimate of drug-likeness (QED) is 0.911. The summed E-state index contributed by atoms with van der Waals surface area (Å²) in [5.74, 6) is 0.337. The summed E-state index contributed by atoms with van der Waals surface area (Å²) in [6.45, 7) is 3.47. The molecule has 1 fully saturated rings. The van der Waals surface area contributed by atoms with Crippen molar-refractivity contribution in [3.8, 4) is 0 Å². The van der Waals surface area contributed by atoms with Crippen LogP contribution >= 0.6 is 34.5 Å². The molecule has 6 heteroatoms. The van der Waals surface area contributed by atoms with Gasteiger partial charge in [-0.25, -0.2) is 0 Å². The van der Waals surface area contributed by atoms with E-state index < -0.39 is 0 Å². The van der Waals surface area contributed by atoms with Crippen LogP contribution in [0.3, 0.4) is 0 Å². The van der Waals surface area contributed by atoms with Crippen molar-refractivity contribution in [2.45, 2.75) is 25.8 Å². The summed E-state index contributed by atoms with van der Waals surface area (Å²) < 4.78 is 1.01. The molecule has 1 aromatic heterocycles. The molecule has 3 nitrogen and oxygen atoms in total. The summed E-state index contributed by atoms with van der Waals surface area (Å²) in [7, 11) is 0.